The molecule has 0 amide bonds. The molecule has 1 aromatic rings. The van der Waals surface area contributed by atoms with E-state index in [4.69, 9.17) is 5.11 Å². The number of carboxylic acids is 1. The molecule has 80 valence electrons. The molecule has 1 aromatic heterocycles. The third kappa shape index (κ3) is 2.06. The summed E-state index contributed by atoms with van der Waals surface area (Å²) < 4.78 is 0. The van der Waals surface area contributed by atoms with E-state index >= 15 is 0 Å². The Bertz CT molecular complexity index is 388. The highest BCUT2D eigenvalue weighted by atomic mass is 16.4. The first kappa shape index (κ1) is 9.89. The van der Waals surface area contributed by atoms with E-state index in [9.17, 15) is 4.79 Å². The number of anilines is 1. The van der Waals surface area contributed by atoms with Crippen molar-refractivity contribution in [1.82, 2.24) is 9.97 Å². The lowest BCUT2D eigenvalue weighted by molar-refractivity contribution is -0.136. The molecule has 5 heteroatoms. The molecule has 5 nitrogen and oxygen atoms in total. The summed E-state index contributed by atoms with van der Waals surface area (Å²) in [6.07, 6.45) is 2.79. The number of hydrogen-bond donors (Lipinski definition) is 1. The summed E-state index contributed by atoms with van der Waals surface area (Å²) in [7, 11) is 0. The average molecular weight is 207 g/mol. The molecule has 15 heavy (non-hydrogen) atoms. The van der Waals surface area contributed by atoms with E-state index < -0.39 is 5.97 Å². The third-order valence-corrected chi connectivity index (χ3v) is 2.55. The summed E-state index contributed by atoms with van der Waals surface area (Å²) in [5.74, 6) is -0.133. The largest absolute Gasteiger partial charge is 0.481 e. The Morgan fingerprint density at radius 1 is 1.60 bits per heavy atom. The monoisotopic (exact) mass is 207 g/mol. The van der Waals surface area contributed by atoms with Gasteiger partial charge in [-0.15, -0.1) is 0 Å². The van der Waals surface area contributed by atoms with Crippen LogP contribution in [-0.2, 0) is 11.2 Å². The second kappa shape index (κ2) is 3.84. The van der Waals surface area contributed by atoms with Crippen LogP contribution in [0.25, 0.3) is 0 Å². The normalized spacial score (nSPS) is 14.9. The molecule has 2 heterocycles. The Morgan fingerprint density at radius 3 is 2.80 bits per heavy atom. The van der Waals surface area contributed by atoms with Gasteiger partial charge in [0.1, 0.15) is 0 Å². The average Bonchev–Trinajstić information content (AvgIpc) is 2.06. The van der Waals surface area contributed by atoms with Crippen LogP contribution in [0.15, 0.2) is 6.20 Å². The van der Waals surface area contributed by atoms with Gasteiger partial charge in [0.25, 0.3) is 0 Å². The van der Waals surface area contributed by atoms with Crippen LogP contribution in [0, 0.1) is 6.92 Å². The maximum absolute atomic E-state index is 10.5. The zero-order valence-corrected chi connectivity index (χ0v) is 8.60. The molecule has 0 bridgehead atoms. The second-order valence-electron chi connectivity index (χ2n) is 3.69. The molecular weight excluding hydrogens is 194 g/mol. The van der Waals surface area contributed by atoms with Gasteiger partial charge in [0.2, 0.25) is 5.95 Å². The van der Waals surface area contributed by atoms with Crippen molar-refractivity contribution in [3.63, 3.8) is 0 Å². The number of aryl methyl sites for hydroxylation is 1. The lowest BCUT2D eigenvalue weighted by atomic mass is 10.2. The number of aromatic nitrogens is 2. The zero-order valence-electron chi connectivity index (χ0n) is 8.60. The van der Waals surface area contributed by atoms with Gasteiger partial charge in [-0.05, 0) is 13.3 Å². The predicted octanol–water partition coefficient (Wildman–Crippen LogP) is 0.622. The van der Waals surface area contributed by atoms with Crippen LogP contribution >= 0.6 is 0 Å². The van der Waals surface area contributed by atoms with Gasteiger partial charge in [-0.25, -0.2) is 9.97 Å². The minimum absolute atomic E-state index is 0.00782. The number of rotatable bonds is 3. The van der Waals surface area contributed by atoms with Crippen molar-refractivity contribution >= 4 is 11.9 Å². The molecule has 0 spiro atoms. The van der Waals surface area contributed by atoms with E-state index in [2.05, 4.69) is 14.9 Å². The van der Waals surface area contributed by atoms with Gasteiger partial charge < -0.3 is 10.0 Å². The maximum Gasteiger partial charge on any atom is 0.307 e. The minimum Gasteiger partial charge on any atom is -0.481 e. The highest BCUT2D eigenvalue weighted by molar-refractivity contribution is 5.70. The Morgan fingerprint density at radius 2 is 2.33 bits per heavy atom. The first-order valence-corrected chi connectivity index (χ1v) is 4.96. The molecule has 0 saturated carbocycles. The molecule has 0 radical (unpaired) electrons. The van der Waals surface area contributed by atoms with E-state index in [0.29, 0.717) is 11.5 Å². The van der Waals surface area contributed by atoms with Crippen molar-refractivity contribution in [2.24, 2.45) is 0 Å². The number of aliphatic carboxylic acids is 1. The van der Waals surface area contributed by atoms with Crippen LogP contribution in [-0.4, -0.2) is 34.1 Å². The van der Waals surface area contributed by atoms with Gasteiger partial charge in [0.15, 0.2) is 0 Å². The Hall–Kier alpha value is -1.65. The SMILES string of the molecule is Cc1nc(N2CCC2)ncc1CC(=O)O. The highest BCUT2D eigenvalue weighted by Crippen LogP contribution is 2.16. The summed E-state index contributed by atoms with van der Waals surface area (Å²) >= 11 is 0. The molecule has 2 rings (SSSR count). The maximum atomic E-state index is 10.5. The van der Waals surface area contributed by atoms with Crippen LogP contribution in [0.1, 0.15) is 17.7 Å². The Labute approximate surface area is 87.8 Å². The third-order valence-electron chi connectivity index (χ3n) is 2.55. The molecule has 0 unspecified atom stereocenters. The molecular formula is C10H13N3O2. The van der Waals surface area contributed by atoms with Crippen LogP contribution < -0.4 is 4.90 Å². The number of carbonyl (C=O) groups is 1. The number of carboxylic acid groups (broad SMARTS) is 1. The lowest BCUT2D eigenvalue weighted by Crippen LogP contribution is -2.38. The zero-order chi connectivity index (χ0) is 10.8. The standard InChI is InChI=1S/C10H13N3O2/c1-7-8(5-9(14)15)6-11-10(12-7)13-3-2-4-13/h6H,2-5H2,1H3,(H,14,15). The van der Waals surface area contributed by atoms with E-state index in [0.717, 1.165) is 18.8 Å². The van der Waals surface area contributed by atoms with E-state index in [1.54, 1.807) is 6.20 Å². The van der Waals surface area contributed by atoms with E-state index in [-0.39, 0.29) is 6.42 Å². The smallest absolute Gasteiger partial charge is 0.307 e. The first-order chi connectivity index (χ1) is 7.16. The Kier molecular flexibility index (Phi) is 2.53. The van der Waals surface area contributed by atoms with Gasteiger partial charge in [-0.1, -0.05) is 0 Å². The molecule has 1 aliphatic heterocycles. The van der Waals surface area contributed by atoms with Crippen molar-refractivity contribution < 1.29 is 9.90 Å². The highest BCUT2D eigenvalue weighted by Gasteiger charge is 2.18. The topological polar surface area (TPSA) is 66.3 Å². The summed E-state index contributed by atoms with van der Waals surface area (Å²) in [5.41, 5.74) is 1.45. The van der Waals surface area contributed by atoms with E-state index in [1.165, 1.54) is 6.42 Å². The van der Waals surface area contributed by atoms with Crippen molar-refractivity contribution in [3.8, 4) is 0 Å². The predicted molar refractivity (Wildman–Crippen MR) is 54.9 cm³/mol. The van der Waals surface area contributed by atoms with Crippen LogP contribution in [0.4, 0.5) is 5.95 Å². The summed E-state index contributed by atoms with van der Waals surface area (Å²) in [6, 6.07) is 0. The van der Waals surface area contributed by atoms with Gasteiger partial charge in [0, 0.05) is 30.5 Å². The fraction of sp³-hybridized carbons (Fsp3) is 0.500. The fourth-order valence-electron chi connectivity index (χ4n) is 1.48. The summed E-state index contributed by atoms with van der Waals surface area (Å²) in [5, 5.41) is 8.66. The molecule has 0 aromatic carbocycles. The number of nitrogens with zero attached hydrogens (tertiary/aromatic N) is 3. The Balaban J connectivity index is 2.18. The van der Waals surface area contributed by atoms with Gasteiger partial charge in [-0.2, -0.15) is 0 Å². The molecule has 1 N–H and O–H groups in total. The molecule has 1 aliphatic rings. The van der Waals surface area contributed by atoms with Gasteiger partial charge in [0.05, 0.1) is 6.42 Å². The summed E-state index contributed by atoms with van der Waals surface area (Å²) in [6.45, 7) is 3.82. The van der Waals surface area contributed by atoms with Crippen LogP contribution in [0.2, 0.25) is 0 Å². The molecule has 0 atom stereocenters. The molecule has 0 aliphatic carbocycles. The summed E-state index contributed by atoms with van der Waals surface area (Å²) in [4.78, 5) is 21.1. The molecule has 1 fully saturated rings. The van der Waals surface area contributed by atoms with Gasteiger partial charge >= 0.3 is 5.97 Å². The minimum atomic E-state index is -0.849. The number of hydrogen-bond acceptors (Lipinski definition) is 4. The van der Waals surface area contributed by atoms with Gasteiger partial charge in [-0.3, -0.25) is 4.79 Å². The first-order valence-electron chi connectivity index (χ1n) is 4.96. The van der Waals surface area contributed by atoms with Crippen molar-refractivity contribution in [2.75, 3.05) is 18.0 Å². The van der Waals surface area contributed by atoms with Crippen molar-refractivity contribution in [2.45, 2.75) is 19.8 Å². The van der Waals surface area contributed by atoms with Crippen LogP contribution in [0.5, 0.6) is 0 Å². The quantitative estimate of drug-likeness (QED) is 0.787. The van der Waals surface area contributed by atoms with Crippen molar-refractivity contribution in [1.29, 1.82) is 0 Å². The van der Waals surface area contributed by atoms with Crippen molar-refractivity contribution in [3.05, 3.63) is 17.5 Å². The second-order valence-corrected chi connectivity index (χ2v) is 3.69. The fourth-order valence-corrected chi connectivity index (χ4v) is 1.48. The molecule has 1 saturated heterocycles. The van der Waals surface area contributed by atoms with Crippen LogP contribution in [0.3, 0.4) is 0 Å². The lowest BCUT2D eigenvalue weighted by Gasteiger charge is -2.30. The van der Waals surface area contributed by atoms with E-state index in [1.807, 2.05) is 6.92 Å².